The molecular formula is C55H102O5. The highest BCUT2D eigenvalue weighted by atomic mass is 16.6. The van der Waals surface area contributed by atoms with Crippen molar-refractivity contribution in [3.05, 3.63) is 36.5 Å². The normalized spacial score (nSPS) is 12.4. The molecule has 0 radical (unpaired) electrons. The Morgan fingerprint density at radius 1 is 0.383 bits per heavy atom. The Bertz CT molecular complexity index is 955. The maximum Gasteiger partial charge on any atom is 0.306 e. The molecule has 352 valence electrons. The minimum Gasteiger partial charge on any atom is -0.462 e. The van der Waals surface area contributed by atoms with Crippen LogP contribution in [0.25, 0.3) is 0 Å². The fraction of sp³-hybridized carbons (Fsp3) is 0.855. The van der Waals surface area contributed by atoms with Crippen molar-refractivity contribution < 1.29 is 23.8 Å². The molecule has 0 saturated heterocycles. The molecular weight excluding hydrogens is 741 g/mol. The van der Waals surface area contributed by atoms with Crippen molar-refractivity contribution in [1.82, 2.24) is 0 Å². The number of allylic oxidation sites excluding steroid dienone is 6. The topological polar surface area (TPSA) is 61.8 Å². The maximum atomic E-state index is 12.8. The van der Waals surface area contributed by atoms with E-state index >= 15 is 0 Å². The molecule has 0 fully saturated rings. The highest BCUT2D eigenvalue weighted by Crippen LogP contribution is 2.16. The fourth-order valence-electron chi connectivity index (χ4n) is 7.76. The first-order valence-electron chi connectivity index (χ1n) is 26.5. The molecule has 0 aromatic rings. The SMILES string of the molecule is CC/C=C\C/C=C\C/C=C\CCCCCCOCC(COC(=O)CCCCCCCCCCCCCCCCCCCCC)OC(=O)CCCCCCCCCCCCC. The van der Waals surface area contributed by atoms with Crippen molar-refractivity contribution in [3.8, 4) is 0 Å². The molecule has 0 amide bonds. The average Bonchev–Trinajstić information content (AvgIpc) is 3.25. The van der Waals surface area contributed by atoms with Crippen molar-refractivity contribution in [2.75, 3.05) is 19.8 Å². The van der Waals surface area contributed by atoms with Crippen molar-refractivity contribution in [2.45, 2.75) is 284 Å². The molecule has 0 spiro atoms. The fourth-order valence-corrected chi connectivity index (χ4v) is 7.76. The van der Waals surface area contributed by atoms with Crippen LogP contribution in [0.3, 0.4) is 0 Å². The zero-order valence-corrected chi connectivity index (χ0v) is 40.5. The van der Waals surface area contributed by atoms with Gasteiger partial charge in [-0.05, 0) is 51.4 Å². The largest absolute Gasteiger partial charge is 0.462 e. The molecule has 0 saturated carbocycles. The molecule has 0 aliphatic carbocycles. The van der Waals surface area contributed by atoms with E-state index in [2.05, 4.69) is 57.2 Å². The zero-order valence-electron chi connectivity index (χ0n) is 40.5. The monoisotopic (exact) mass is 843 g/mol. The van der Waals surface area contributed by atoms with Crippen LogP contribution < -0.4 is 0 Å². The molecule has 5 nitrogen and oxygen atoms in total. The molecule has 1 atom stereocenters. The Morgan fingerprint density at radius 3 is 1.20 bits per heavy atom. The van der Waals surface area contributed by atoms with E-state index in [9.17, 15) is 9.59 Å². The molecule has 1 unspecified atom stereocenters. The van der Waals surface area contributed by atoms with Gasteiger partial charge in [-0.15, -0.1) is 0 Å². The van der Waals surface area contributed by atoms with Crippen LogP contribution in [0.2, 0.25) is 0 Å². The Hall–Kier alpha value is -1.88. The van der Waals surface area contributed by atoms with Gasteiger partial charge in [0.1, 0.15) is 6.61 Å². The van der Waals surface area contributed by atoms with Crippen molar-refractivity contribution >= 4 is 11.9 Å². The lowest BCUT2D eigenvalue weighted by Crippen LogP contribution is -2.30. The molecule has 0 aliphatic rings. The Kier molecular flexibility index (Phi) is 49.9. The van der Waals surface area contributed by atoms with E-state index < -0.39 is 6.10 Å². The highest BCUT2D eigenvalue weighted by molar-refractivity contribution is 5.70. The van der Waals surface area contributed by atoms with Crippen LogP contribution in [0, 0.1) is 0 Å². The number of hydrogen-bond donors (Lipinski definition) is 0. The lowest BCUT2D eigenvalue weighted by atomic mass is 10.0. The molecule has 0 N–H and O–H groups in total. The summed E-state index contributed by atoms with van der Waals surface area (Å²) in [7, 11) is 0. The Labute approximate surface area is 374 Å². The minimum absolute atomic E-state index is 0.0823. The third-order valence-electron chi connectivity index (χ3n) is 11.7. The molecule has 0 aliphatic heterocycles. The van der Waals surface area contributed by atoms with Gasteiger partial charge in [0.15, 0.2) is 6.10 Å². The molecule has 0 aromatic heterocycles. The molecule has 0 rings (SSSR count). The van der Waals surface area contributed by atoms with Crippen LogP contribution in [-0.4, -0.2) is 37.9 Å². The van der Waals surface area contributed by atoms with Crippen molar-refractivity contribution in [2.24, 2.45) is 0 Å². The second-order valence-corrected chi connectivity index (χ2v) is 17.8. The summed E-state index contributed by atoms with van der Waals surface area (Å²) >= 11 is 0. The number of esters is 2. The Morgan fingerprint density at radius 2 is 0.750 bits per heavy atom. The zero-order chi connectivity index (χ0) is 43.5. The number of carbonyl (C=O) groups is 2. The van der Waals surface area contributed by atoms with Gasteiger partial charge in [0.25, 0.3) is 0 Å². The quantitative estimate of drug-likeness (QED) is 0.0347. The predicted molar refractivity (Wildman–Crippen MR) is 261 cm³/mol. The van der Waals surface area contributed by atoms with Crippen LogP contribution in [0.4, 0.5) is 0 Å². The number of carbonyl (C=O) groups excluding carboxylic acids is 2. The summed E-state index contributed by atoms with van der Waals surface area (Å²) < 4.78 is 17.4. The summed E-state index contributed by atoms with van der Waals surface area (Å²) in [4.78, 5) is 25.4. The van der Waals surface area contributed by atoms with Crippen LogP contribution in [0.1, 0.15) is 278 Å². The minimum atomic E-state index is -0.541. The summed E-state index contributed by atoms with van der Waals surface area (Å²) in [5.41, 5.74) is 0. The third kappa shape index (κ3) is 48.8. The second-order valence-electron chi connectivity index (χ2n) is 17.8. The van der Waals surface area contributed by atoms with Gasteiger partial charge < -0.3 is 14.2 Å². The number of unbranched alkanes of at least 4 members (excludes halogenated alkanes) is 32. The third-order valence-corrected chi connectivity index (χ3v) is 11.7. The van der Waals surface area contributed by atoms with Gasteiger partial charge in [-0.25, -0.2) is 0 Å². The first-order valence-corrected chi connectivity index (χ1v) is 26.5. The Balaban J connectivity index is 4.18. The van der Waals surface area contributed by atoms with Gasteiger partial charge in [-0.1, -0.05) is 250 Å². The number of hydrogen-bond acceptors (Lipinski definition) is 5. The molecule has 5 heteroatoms. The van der Waals surface area contributed by atoms with E-state index in [1.807, 2.05) is 0 Å². The van der Waals surface area contributed by atoms with E-state index in [0.717, 1.165) is 64.2 Å². The molecule has 60 heavy (non-hydrogen) atoms. The molecule has 0 bridgehead atoms. The van der Waals surface area contributed by atoms with E-state index in [-0.39, 0.29) is 25.2 Å². The maximum absolute atomic E-state index is 12.8. The summed E-state index contributed by atoms with van der Waals surface area (Å²) in [6.07, 6.45) is 61.6. The van der Waals surface area contributed by atoms with Gasteiger partial charge in [-0.3, -0.25) is 9.59 Å². The van der Waals surface area contributed by atoms with E-state index in [1.54, 1.807) is 0 Å². The van der Waals surface area contributed by atoms with Crippen LogP contribution in [0.15, 0.2) is 36.5 Å². The van der Waals surface area contributed by atoms with Gasteiger partial charge in [0.05, 0.1) is 6.61 Å². The summed E-state index contributed by atoms with van der Waals surface area (Å²) in [6.45, 7) is 7.71. The van der Waals surface area contributed by atoms with Crippen LogP contribution in [-0.2, 0) is 23.8 Å². The van der Waals surface area contributed by atoms with Crippen LogP contribution in [0.5, 0.6) is 0 Å². The summed E-state index contributed by atoms with van der Waals surface area (Å²) in [5, 5.41) is 0. The van der Waals surface area contributed by atoms with Gasteiger partial charge in [0.2, 0.25) is 0 Å². The number of ether oxygens (including phenoxy) is 3. The standard InChI is InChI=1S/C55H102O5/c1-4-7-10-13-16-19-22-24-26-27-28-29-30-31-34-36-39-42-45-48-54(56)59-52-53(60-55(57)49-46-43-40-37-33-21-18-15-12-9-6-3)51-58-50-47-44-41-38-35-32-25-23-20-17-14-11-8-5-2/h8,11,17,20,25,32,53H,4-7,9-10,12-16,18-19,21-24,26-31,33-52H2,1-3H3/b11-8-,20-17-,32-25-. The van der Waals surface area contributed by atoms with Crippen molar-refractivity contribution in [1.29, 1.82) is 0 Å². The summed E-state index contributed by atoms with van der Waals surface area (Å²) in [6, 6.07) is 0. The van der Waals surface area contributed by atoms with Crippen LogP contribution >= 0.6 is 0 Å². The van der Waals surface area contributed by atoms with Crippen molar-refractivity contribution in [3.63, 3.8) is 0 Å². The summed E-state index contributed by atoms with van der Waals surface area (Å²) in [5.74, 6) is -0.395. The number of rotatable bonds is 49. The van der Waals surface area contributed by atoms with Gasteiger partial charge in [0, 0.05) is 19.4 Å². The first-order chi connectivity index (χ1) is 29.6. The lowest BCUT2D eigenvalue weighted by molar-refractivity contribution is -0.163. The predicted octanol–water partition coefficient (Wildman–Crippen LogP) is 17.8. The highest BCUT2D eigenvalue weighted by Gasteiger charge is 2.17. The average molecular weight is 843 g/mol. The van der Waals surface area contributed by atoms with E-state index in [1.165, 1.54) is 180 Å². The van der Waals surface area contributed by atoms with Gasteiger partial charge >= 0.3 is 11.9 Å². The smallest absolute Gasteiger partial charge is 0.306 e. The molecule has 0 aromatic carbocycles. The molecule has 0 heterocycles. The lowest BCUT2D eigenvalue weighted by Gasteiger charge is -2.18. The van der Waals surface area contributed by atoms with E-state index in [4.69, 9.17) is 14.2 Å². The first kappa shape index (κ1) is 58.1. The van der Waals surface area contributed by atoms with Gasteiger partial charge in [-0.2, -0.15) is 0 Å². The second kappa shape index (κ2) is 51.5. The van der Waals surface area contributed by atoms with E-state index in [0.29, 0.717) is 19.4 Å².